The van der Waals surface area contributed by atoms with Crippen LogP contribution in [0.25, 0.3) is 0 Å². The molecule has 29 heavy (non-hydrogen) atoms. The van der Waals surface area contributed by atoms with E-state index in [1.807, 2.05) is 25.3 Å². The number of likely N-dealkylation sites (N-methyl/N-ethyl adjacent to an activating group) is 1. The van der Waals surface area contributed by atoms with Crippen molar-refractivity contribution in [3.63, 3.8) is 0 Å². The van der Waals surface area contributed by atoms with Crippen molar-refractivity contribution in [1.29, 1.82) is 0 Å². The smallest absolute Gasteiger partial charge is 0.230 e. The van der Waals surface area contributed by atoms with Gasteiger partial charge in [-0.05, 0) is 38.1 Å². The Bertz CT molecular complexity index is 974. The van der Waals surface area contributed by atoms with E-state index in [2.05, 4.69) is 11.0 Å². The lowest BCUT2D eigenvalue weighted by Crippen LogP contribution is -2.76. The van der Waals surface area contributed by atoms with Crippen LogP contribution in [0.2, 0.25) is 0 Å². The average molecular weight is 396 g/mol. The molecule has 2 fully saturated rings. The van der Waals surface area contributed by atoms with E-state index in [0.29, 0.717) is 24.3 Å². The number of piperidine rings is 1. The summed E-state index contributed by atoms with van der Waals surface area (Å²) in [7, 11) is 3.65. The second kappa shape index (κ2) is 5.40. The third-order valence-corrected chi connectivity index (χ3v) is 7.88. The van der Waals surface area contributed by atoms with Gasteiger partial charge in [-0.15, -0.1) is 0 Å². The van der Waals surface area contributed by atoms with Crippen molar-refractivity contribution in [2.45, 2.75) is 54.9 Å². The maximum absolute atomic E-state index is 12.6. The lowest BCUT2D eigenvalue weighted by atomic mass is 9.50. The highest BCUT2D eigenvalue weighted by atomic mass is 16.5. The Hall–Kier alpha value is -2.38. The zero-order valence-electron chi connectivity index (χ0n) is 16.6. The van der Waals surface area contributed by atoms with E-state index in [-0.39, 0.29) is 30.7 Å². The van der Waals surface area contributed by atoms with E-state index in [1.165, 1.54) is 4.90 Å². The van der Waals surface area contributed by atoms with Crippen molar-refractivity contribution < 1.29 is 24.2 Å². The van der Waals surface area contributed by atoms with Gasteiger partial charge in [0.2, 0.25) is 11.8 Å². The predicted molar refractivity (Wildman–Crippen MR) is 103 cm³/mol. The molecule has 0 unspecified atom stereocenters. The third-order valence-electron chi connectivity index (χ3n) is 7.88. The molecule has 7 nitrogen and oxygen atoms in total. The molecule has 5 aliphatic rings. The van der Waals surface area contributed by atoms with Crippen molar-refractivity contribution in [3.05, 3.63) is 35.4 Å². The van der Waals surface area contributed by atoms with Crippen LogP contribution in [0.5, 0.6) is 11.5 Å². The number of hydrogen-bond acceptors (Lipinski definition) is 6. The minimum Gasteiger partial charge on any atom is -0.493 e. The normalized spacial score (nSPS) is 39.6. The van der Waals surface area contributed by atoms with Gasteiger partial charge in [0.05, 0.1) is 18.6 Å². The van der Waals surface area contributed by atoms with Gasteiger partial charge in [0.25, 0.3) is 0 Å². The third kappa shape index (κ3) is 1.82. The summed E-state index contributed by atoms with van der Waals surface area (Å²) < 4.78 is 12.1. The average Bonchev–Trinajstić information content (AvgIpc) is 3.22. The largest absolute Gasteiger partial charge is 0.493 e. The van der Waals surface area contributed by atoms with Crippen molar-refractivity contribution in [2.24, 2.45) is 0 Å². The first kappa shape index (κ1) is 17.5. The maximum Gasteiger partial charge on any atom is 0.230 e. The molecule has 6 rings (SSSR count). The van der Waals surface area contributed by atoms with Crippen LogP contribution in [0.4, 0.5) is 0 Å². The summed E-state index contributed by atoms with van der Waals surface area (Å²) in [6, 6.07) is 3.37. The number of aliphatic hydroxyl groups is 1. The summed E-state index contributed by atoms with van der Waals surface area (Å²) in [4.78, 5) is 28.7. The van der Waals surface area contributed by atoms with E-state index in [4.69, 9.17) is 9.47 Å². The van der Waals surface area contributed by atoms with Gasteiger partial charge in [-0.25, -0.2) is 0 Å². The number of benzene rings is 1. The summed E-state index contributed by atoms with van der Waals surface area (Å²) in [5, 5.41) is 12.1. The molecule has 0 aromatic heterocycles. The van der Waals surface area contributed by atoms with Crippen molar-refractivity contribution in [2.75, 3.05) is 20.7 Å². The minimum absolute atomic E-state index is 0.0867. The summed E-state index contributed by atoms with van der Waals surface area (Å²) in [5.74, 6) is 0.950. The van der Waals surface area contributed by atoms with Crippen LogP contribution >= 0.6 is 0 Å². The van der Waals surface area contributed by atoms with Crippen molar-refractivity contribution in [3.8, 4) is 11.5 Å². The molecule has 2 aliphatic carbocycles. The van der Waals surface area contributed by atoms with E-state index in [9.17, 15) is 14.7 Å². The SMILES string of the molecule is COc1ccc2c3c1O[C@H]1[C@H](N4C(=O)CCC4=O)C=C[C@@]4(O)[C@@H](C2)N(C)CC[C@]314. The second-order valence-electron chi connectivity index (χ2n) is 8.92. The molecule has 2 amide bonds. The molecule has 2 saturated heterocycles. The first-order chi connectivity index (χ1) is 13.9. The summed E-state index contributed by atoms with van der Waals surface area (Å²) in [6.07, 6.45) is 5.01. The predicted octanol–water partition coefficient (Wildman–Crippen LogP) is 0.773. The number of amides is 2. The van der Waals surface area contributed by atoms with Crippen LogP contribution in [0.15, 0.2) is 24.3 Å². The van der Waals surface area contributed by atoms with Crippen LogP contribution in [-0.2, 0) is 21.4 Å². The lowest BCUT2D eigenvalue weighted by molar-refractivity contribution is -0.158. The fraction of sp³-hybridized carbons (Fsp3) is 0.545. The quantitative estimate of drug-likeness (QED) is 0.588. The maximum atomic E-state index is 12.6. The molecule has 5 atom stereocenters. The summed E-state index contributed by atoms with van der Waals surface area (Å²) in [5.41, 5.74) is 0.321. The van der Waals surface area contributed by atoms with Crippen LogP contribution in [0.3, 0.4) is 0 Å². The molecule has 3 aliphatic heterocycles. The first-order valence-corrected chi connectivity index (χ1v) is 10.3. The first-order valence-electron chi connectivity index (χ1n) is 10.3. The molecular formula is C22H24N2O5. The molecule has 1 aromatic carbocycles. The lowest BCUT2D eigenvalue weighted by Gasteiger charge is -2.61. The monoisotopic (exact) mass is 396 g/mol. The second-order valence-corrected chi connectivity index (χ2v) is 8.92. The fourth-order valence-electron chi connectivity index (χ4n) is 6.58. The summed E-state index contributed by atoms with van der Waals surface area (Å²) >= 11 is 0. The van der Waals surface area contributed by atoms with Crippen LogP contribution in [-0.4, -0.2) is 71.2 Å². The van der Waals surface area contributed by atoms with E-state index >= 15 is 0 Å². The molecule has 7 heteroatoms. The molecule has 0 radical (unpaired) electrons. The van der Waals surface area contributed by atoms with Gasteiger partial charge in [-0.1, -0.05) is 18.2 Å². The highest BCUT2D eigenvalue weighted by molar-refractivity contribution is 6.02. The molecule has 2 bridgehead atoms. The Morgan fingerprint density at radius 2 is 2.00 bits per heavy atom. The number of rotatable bonds is 2. The Morgan fingerprint density at radius 3 is 2.72 bits per heavy atom. The number of carbonyl (C=O) groups excluding carboxylic acids is 2. The van der Waals surface area contributed by atoms with Gasteiger partial charge >= 0.3 is 0 Å². The van der Waals surface area contributed by atoms with Crippen molar-refractivity contribution >= 4 is 11.8 Å². The Balaban J connectivity index is 1.62. The number of likely N-dealkylation sites (tertiary alicyclic amines) is 2. The number of hydrogen-bond donors (Lipinski definition) is 1. The molecule has 1 spiro atoms. The van der Waals surface area contributed by atoms with Crippen molar-refractivity contribution in [1.82, 2.24) is 9.80 Å². The van der Waals surface area contributed by atoms with Crippen LogP contribution in [0.1, 0.15) is 30.4 Å². The Kier molecular flexibility index (Phi) is 3.25. The highest BCUT2D eigenvalue weighted by Gasteiger charge is 2.72. The molecule has 0 saturated carbocycles. The van der Waals surface area contributed by atoms with Gasteiger partial charge in [-0.3, -0.25) is 19.4 Å². The standard InChI is InChI=1S/C22H24N2O5/c1-23-10-9-21-18-12-3-4-14(28-2)19(18)29-20(21)13(24-16(25)5-6-17(24)26)7-8-22(21,27)15(23)11-12/h3-4,7-8,13,15,20,27H,5-6,9-11H2,1-2H3/t13-,15-,20+,21+,22-/m1/s1. The van der Waals surface area contributed by atoms with E-state index in [1.54, 1.807) is 7.11 Å². The number of nitrogens with zero attached hydrogens (tertiary/aromatic N) is 2. The van der Waals surface area contributed by atoms with Gasteiger partial charge in [0.1, 0.15) is 11.7 Å². The molecule has 1 aromatic rings. The number of imide groups is 1. The van der Waals surface area contributed by atoms with Crippen LogP contribution in [0, 0.1) is 0 Å². The fourth-order valence-corrected chi connectivity index (χ4v) is 6.58. The van der Waals surface area contributed by atoms with E-state index < -0.39 is 23.2 Å². The topological polar surface area (TPSA) is 79.3 Å². The zero-order chi connectivity index (χ0) is 20.1. The Labute approximate surface area is 168 Å². The highest BCUT2D eigenvalue weighted by Crippen LogP contribution is 2.64. The van der Waals surface area contributed by atoms with Gasteiger partial charge in [0, 0.05) is 24.4 Å². The Morgan fingerprint density at radius 1 is 1.24 bits per heavy atom. The molecular weight excluding hydrogens is 372 g/mol. The number of carbonyl (C=O) groups is 2. The summed E-state index contributed by atoms with van der Waals surface area (Å²) in [6.45, 7) is 0.811. The molecule has 152 valence electrons. The zero-order valence-corrected chi connectivity index (χ0v) is 16.6. The van der Waals surface area contributed by atoms with Gasteiger partial charge in [-0.2, -0.15) is 0 Å². The van der Waals surface area contributed by atoms with Gasteiger partial charge < -0.3 is 14.6 Å². The van der Waals surface area contributed by atoms with Crippen LogP contribution < -0.4 is 9.47 Å². The number of methoxy groups -OCH3 is 1. The molecule has 3 heterocycles. The van der Waals surface area contributed by atoms with Gasteiger partial charge in [0.15, 0.2) is 11.5 Å². The molecule has 1 N–H and O–H groups in total. The minimum atomic E-state index is -1.13. The number of ether oxygens (including phenoxy) is 2. The van der Waals surface area contributed by atoms with E-state index in [0.717, 1.165) is 17.7 Å².